The quantitative estimate of drug-likeness (QED) is 0.627. The van der Waals surface area contributed by atoms with Crippen LogP contribution in [0.15, 0.2) is 0 Å². The number of carbonyl (C=O) groups is 1. The third-order valence-electron chi connectivity index (χ3n) is 2.69. The molecule has 0 aromatic carbocycles. The maximum Gasteiger partial charge on any atom is 0.309 e. The zero-order valence-electron chi connectivity index (χ0n) is 6.87. The summed E-state index contributed by atoms with van der Waals surface area (Å²) in [6, 6.07) is 0. The van der Waals surface area contributed by atoms with Gasteiger partial charge in [-0.2, -0.15) is 0 Å². The van der Waals surface area contributed by atoms with Gasteiger partial charge in [0, 0.05) is 0 Å². The fraction of sp³-hybridized carbons (Fsp3) is 0.875. The molecule has 1 saturated carbocycles. The summed E-state index contributed by atoms with van der Waals surface area (Å²) in [6.07, 6.45) is 1.01. The van der Waals surface area contributed by atoms with E-state index in [4.69, 9.17) is 10.2 Å². The zero-order valence-corrected chi connectivity index (χ0v) is 6.87. The smallest absolute Gasteiger partial charge is 0.309 e. The Balaban J connectivity index is 2.53. The van der Waals surface area contributed by atoms with Crippen LogP contribution in [0.4, 0.5) is 0 Å². The Hall–Kier alpha value is -0.570. The van der Waals surface area contributed by atoms with E-state index in [1.54, 1.807) is 13.8 Å². The lowest BCUT2D eigenvalue weighted by molar-refractivity contribution is -0.155. The summed E-state index contributed by atoms with van der Waals surface area (Å²) in [5, 5.41) is 17.8. The Morgan fingerprint density at radius 2 is 1.91 bits per heavy atom. The summed E-state index contributed by atoms with van der Waals surface area (Å²) in [4.78, 5) is 10.7. The molecule has 0 aromatic rings. The first kappa shape index (κ1) is 8.53. The molecular formula is C8H14O3. The number of aliphatic carboxylic acids is 1. The van der Waals surface area contributed by atoms with E-state index in [9.17, 15) is 4.79 Å². The van der Waals surface area contributed by atoms with Crippen LogP contribution in [0.3, 0.4) is 0 Å². The molecule has 3 nitrogen and oxygen atoms in total. The summed E-state index contributed by atoms with van der Waals surface area (Å²) in [6.45, 7) is 3.43. The van der Waals surface area contributed by atoms with Crippen molar-refractivity contribution in [3.63, 3.8) is 0 Å². The van der Waals surface area contributed by atoms with Gasteiger partial charge in [-0.25, -0.2) is 0 Å². The largest absolute Gasteiger partial charge is 0.481 e. The molecular weight excluding hydrogens is 144 g/mol. The molecule has 0 atom stereocenters. The zero-order chi connectivity index (χ0) is 8.65. The molecule has 1 fully saturated rings. The average molecular weight is 158 g/mol. The van der Waals surface area contributed by atoms with Gasteiger partial charge in [0.05, 0.1) is 11.5 Å². The molecule has 0 bridgehead atoms. The van der Waals surface area contributed by atoms with E-state index >= 15 is 0 Å². The number of carboxylic acid groups (broad SMARTS) is 1. The van der Waals surface area contributed by atoms with E-state index in [0.29, 0.717) is 12.8 Å². The first-order valence-electron chi connectivity index (χ1n) is 3.86. The van der Waals surface area contributed by atoms with E-state index < -0.39 is 11.4 Å². The highest BCUT2D eigenvalue weighted by molar-refractivity contribution is 5.74. The SMILES string of the molecule is CC(C)(C(=O)O)C1CC(O)C1. The van der Waals surface area contributed by atoms with Crippen molar-refractivity contribution in [3.8, 4) is 0 Å². The molecule has 0 aliphatic heterocycles. The number of rotatable bonds is 2. The highest BCUT2D eigenvalue weighted by Crippen LogP contribution is 2.41. The van der Waals surface area contributed by atoms with Crippen molar-refractivity contribution in [1.82, 2.24) is 0 Å². The van der Waals surface area contributed by atoms with Crippen LogP contribution in [-0.2, 0) is 4.79 Å². The van der Waals surface area contributed by atoms with Crippen molar-refractivity contribution in [2.75, 3.05) is 0 Å². The van der Waals surface area contributed by atoms with E-state index in [0.717, 1.165) is 0 Å². The second-order valence-corrected chi connectivity index (χ2v) is 3.85. The van der Waals surface area contributed by atoms with Crippen molar-refractivity contribution in [2.24, 2.45) is 11.3 Å². The number of hydrogen-bond acceptors (Lipinski definition) is 2. The molecule has 0 aromatic heterocycles. The molecule has 0 unspecified atom stereocenters. The molecule has 1 aliphatic rings. The fourth-order valence-electron chi connectivity index (χ4n) is 1.35. The minimum Gasteiger partial charge on any atom is -0.481 e. The van der Waals surface area contributed by atoms with E-state index in [1.165, 1.54) is 0 Å². The maximum atomic E-state index is 10.7. The molecule has 1 rings (SSSR count). The van der Waals surface area contributed by atoms with Crippen LogP contribution in [0.1, 0.15) is 26.7 Å². The van der Waals surface area contributed by atoms with Crippen LogP contribution >= 0.6 is 0 Å². The van der Waals surface area contributed by atoms with Crippen LogP contribution in [0.25, 0.3) is 0 Å². The van der Waals surface area contributed by atoms with Crippen molar-refractivity contribution in [3.05, 3.63) is 0 Å². The molecule has 0 saturated heterocycles. The van der Waals surface area contributed by atoms with Crippen molar-refractivity contribution in [2.45, 2.75) is 32.8 Å². The Kier molecular flexibility index (Phi) is 1.92. The summed E-state index contributed by atoms with van der Waals surface area (Å²) in [7, 11) is 0. The summed E-state index contributed by atoms with van der Waals surface area (Å²) in [5.74, 6) is -0.621. The van der Waals surface area contributed by atoms with Gasteiger partial charge in [-0.3, -0.25) is 4.79 Å². The summed E-state index contributed by atoms with van der Waals surface area (Å²) < 4.78 is 0. The van der Waals surface area contributed by atoms with Gasteiger partial charge in [-0.1, -0.05) is 0 Å². The van der Waals surface area contributed by atoms with Crippen LogP contribution in [0.5, 0.6) is 0 Å². The second-order valence-electron chi connectivity index (χ2n) is 3.85. The van der Waals surface area contributed by atoms with E-state index in [-0.39, 0.29) is 12.0 Å². The van der Waals surface area contributed by atoms with Gasteiger partial charge >= 0.3 is 5.97 Å². The van der Waals surface area contributed by atoms with Gasteiger partial charge in [-0.15, -0.1) is 0 Å². The molecule has 64 valence electrons. The molecule has 0 radical (unpaired) electrons. The standard InChI is InChI=1S/C8H14O3/c1-8(2,7(10)11)5-3-6(9)4-5/h5-6,9H,3-4H2,1-2H3,(H,10,11). The number of aliphatic hydroxyl groups is 1. The lowest BCUT2D eigenvalue weighted by atomic mass is 9.66. The van der Waals surface area contributed by atoms with Gasteiger partial charge in [0.15, 0.2) is 0 Å². The predicted octanol–water partition coefficient (Wildman–Crippen LogP) is 0.868. The molecule has 11 heavy (non-hydrogen) atoms. The van der Waals surface area contributed by atoms with Crippen molar-refractivity contribution in [1.29, 1.82) is 0 Å². The molecule has 0 amide bonds. The lowest BCUT2D eigenvalue weighted by Gasteiger charge is -2.40. The normalized spacial score (nSPS) is 31.2. The fourth-order valence-corrected chi connectivity index (χ4v) is 1.35. The Labute approximate surface area is 66.0 Å². The lowest BCUT2D eigenvalue weighted by Crippen LogP contribution is -2.43. The molecule has 2 N–H and O–H groups in total. The second kappa shape index (κ2) is 2.48. The van der Waals surface area contributed by atoms with Crippen molar-refractivity contribution >= 4 is 5.97 Å². The number of hydrogen-bond donors (Lipinski definition) is 2. The minimum absolute atomic E-state index is 0.148. The monoisotopic (exact) mass is 158 g/mol. The first-order valence-corrected chi connectivity index (χ1v) is 3.86. The Bertz CT molecular complexity index is 168. The third kappa shape index (κ3) is 1.38. The van der Waals surface area contributed by atoms with E-state index in [2.05, 4.69) is 0 Å². The van der Waals surface area contributed by atoms with Crippen LogP contribution in [0, 0.1) is 11.3 Å². The minimum atomic E-state index is -0.769. The first-order chi connectivity index (χ1) is 4.94. The van der Waals surface area contributed by atoms with Crippen LogP contribution < -0.4 is 0 Å². The number of carboxylic acids is 1. The predicted molar refractivity (Wildman–Crippen MR) is 40.1 cm³/mol. The Morgan fingerprint density at radius 3 is 2.18 bits per heavy atom. The molecule has 1 aliphatic carbocycles. The van der Waals surface area contributed by atoms with Crippen LogP contribution in [0.2, 0.25) is 0 Å². The number of aliphatic hydroxyl groups excluding tert-OH is 1. The topological polar surface area (TPSA) is 57.5 Å². The van der Waals surface area contributed by atoms with Gasteiger partial charge in [0.1, 0.15) is 0 Å². The highest BCUT2D eigenvalue weighted by atomic mass is 16.4. The van der Waals surface area contributed by atoms with Crippen LogP contribution in [-0.4, -0.2) is 22.3 Å². The average Bonchev–Trinajstić information content (AvgIpc) is 1.80. The highest BCUT2D eigenvalue weighted by Gasteiger charge is 2.43. The van der Waals surface area contributed by atoms with E-state index in [1.807, 2.05) is 0 Å². The van der Waals surface area contributed by atoms with Gasteiger partial charge in [0.2, 0.25) is 0 Å². The molecule has 0 heterocycles. The van der Waals surface area contributed by atoms with Crippen molar-refractivity contribution < 1.29 is 15.0 Å². The summed E-state index contributed by atoms with van der Waals surface area (Å²) in [5.41, 5.74) is -0.667. The van der Waals surface area contributed by atoms with Gasteiger partial charge in [-0.05, 0) is 32.6 Å². The molecule has 0 spiro atoms. The Morgan fingerprint density at radius 1 is 1.45 bits per heavy atom. The maximum absolute atomic E-state index is 10.7. The van der Waals surface area contributed by atoms with Gasteiger partial charge in [0.25, 0.3) is 0 Å². The third-order valence-corrected chi connectivity index (χ3v) is 2.69. The summed E-state index contributed by atoms with van der Waals surface area (Å²) >= 11 is 0. The van der Waals surface area contributed by atoms with Gasteiger partial charge < -0.3 is 10.2 Å². The molecule has 3 heteroatoms.